The lowest BCUT2D eigenvalue weighted by Crippen LogP contribution is -2.12. The van der Waals surface area contributed by atoms with Gasteiger partial charge in [-0.2, -0.15) is 13.2 Å². The fourth-order valence-corrected chi connectivity index (χ4v) is 1.94. The summed E-state index contributed by atoms with van der Waals surface area (Å²) in [6, 6.07) is 8.76. The highest BCUT2D eigenvalue weighted by Gasteiger charge is 2.34. The topological polar surface area (TPSA) is 35.2 Å². The van der Waals surface area contributed by atoms with Crippen molar-refractivity contribution in [3.63, 3.8) is 0 Å². The van der Waals surface area contributed by atoms with Gasteiger partial charge in [0.25, 0.3) is 0 Å². The summed E-state index contributed by atoms with van der Waals surface area (Å²) < 4.78 is 58.3. The SMILES string of the molecule is Cl.NCCOc1ccc(-c2ccccc2F)c(C(F)(F)F)c1. The molecule has 0 heterocycles. The molecule has 0 aromatic heterocycles. The molecule has 0 bridgehead atoms. The first-order valence-electron chi connectivity index (χ1n) is 6.22. The number of rotatable bonds is 4. The van der Waals surface area contributed by atoms with Gasteiger partial charge in [0, 0.05) is 12.1 Å². The van der Waals surface area contributed by atoms with Crippen LogP contribution in [0.3, 0.4) is 0 Å². The second-order valence-corrected chi connectivity index (χ2v) is 4.32. The summed E-state index contributed by atoms with van der Waals surface area (Å²) in [4.78, 5) is 0. The summed E-state index contributed by atoms with van der Waals surface area (Å²) in [7, 11) is 0. The number of benzene rings is 2. The minimum absolute atomic E-state index is 0. The third-order valence-electron chi connectivity index (χ3n) is 2.85. The molecule has 0 saturated heterocycles. The van der Waals surface area contributed by atoms with Gasteiger partial charge in [0.15, 0.2) is 0 Å². The first-order chi connectivity index (χ1) is 9.93. The highest BCUT2D eigenvalue weighted by molar-refractivity contribution is 5.85. The lowest BCUT2D eigenvalue weighted by molar-refractivity contribution is -0.137. The molecule has 7 heteroatoms. The molecule has 0 atom stereocenters. The summed E-state index contributed by atoms with van der Waals surface area (Å²) in [5, 5.41) is 0. The molecule has 0 spiro atoms. The van der Waals surface area contributed by atoms with Gasteiger partial charge in [0.1, 0.15) is 18.2 Å². The van der Waals surface area contributed by atoms with E-state index in [1.165, 1.54) is 30.3 Å². The number of halogens is 5. The Morgan fingerprint density at radius 1 is 1.00 bits per heavy atom. The van der Waals surface area contributed by atoms with Crippen molar-refractivity contribution in [1.29, 1.82) is 0 Å². The molecule has 2 nitrogen and oxygen atoms in total. The Labute approximate surface area is 131 Å². The first-order valence-corrected chi connectivity index (χ1v) is 6.22. The zero-order valence-corrected chi connectivity index (χ0v) is 12.2. The summed E-state index contributed by atoms with van der Waals surface area (Å²) in [6.45, 7) is 0.298. The van der Waals surface area contributed by atoms with E-state index >= 15 is 0 Å². The van der Waals surface area contributed by atoms with Crippen molar-refractivity contribution in [3.8, 4) is 16.9 Å². The number of hydrogen-bond acceptors (Lipinski definition) is 2. The lowest BCUT2D eigenvalue weighted by atomic mass is 9.98. The van der Waals surface area contributed by atoms with Gasteiger partial charge in [0.2, 0.25) is 0 Å². The van der Waals surface area contributed by atoms with E-state index in [1.54, 1.807) is 0 Å². The predicted molar refractivity (Wildman–Crippen MR) is 78.6 cm³/mol. The van der Waals surface area contributed by atoms with E-state index in [4.69, 9.17) is 10.5 Å². The lowest BCUT2D eigenvalue weighted by Gasteiger charge is -2.15. The van der Waals surface area contributed by atoms with E-state index in [2.05, 4.69) is 0 Å². The molecule has 0 aliphatic carbocycles. The number of hydrogen-bond donors (Lipinski definition) is 1. The highest BCUT2D eigenvalue weighted by atomic mass is 35.5. The number of nitrogens with two attached hydrogens (primary N) is 1. The first kappa shape index (κ1) is 18.3. The Balaban J connectivity index is 0.00000242. The molecule has 2 aromatic rings. The Morgan fingerprint density at radius 2 is 1.68 bits per heavy atom. The van der Waals surface area contributed by atoms with Crippen LogP contribution in [-0.4, -0.2) is 13.2 Å². The van der Waals surface area contributed by atoms with Crippen molar-refractivity contribution < 1.29 is 22.3 Å². The van der Waals surface area contributed by atoms with Gasteiger partial charge in [-0.25, -0.2) is 4.39 Å². The van der Waals surface area contributed by atoms with Gasteiger partial charge in [-0.05, 0) is 29.8 Å². The van der Waals surface area contributed by atoms with Crippen LogP contribution in [0.1, 0.15) is 5.56 Å². The zero-order valence-electron chi connectivity index (χ0n) is 11.4. The maximum Gasteiger partial charge on any atom is 0.417 e. The van der Waals surface area contributed by atoms with E-state index in [0.717, 1.165) is 12.1 Å². The minimum atomic E-state index is -4.61. The third-order valence-corrected chi connectivity index (χ3v) is 2.85. The van der Waals surface area contributed by atoms with Crippen molar-refractivity contribution in [2.24, 2.45) is 5.73 Å². The van der Waals surface area contributed by atoms with Crippen LogP contribution < -0.4 is 10.5 Å². The van der Waals surface area contributed by atoms with E-state index in [-0.39, 0.29) is 42.4 Å². The molecule has 2 N–H and O–H groups in total. The average Bonchev–Trinajstić information content (AvgIpc) is 2.44. The van der Waals surface area contributed by atoms with Crippen LogP contribution in [0, 0.1) is 5.82 Å². The molecule has 22 heavy (non-hydrogen) atoms. The maximum absolute atomic E-state index is 13.7. The van der Waals surface area contributed by atoms with Gasteiger partial charge < -0.3 is 10.5 Å². The second kappa shape index (κ2) is 7.47. The summed E-state index contributed by atoms with van der Waals surface area (Å²) >= 11 is 0. The third kappa shape index (κ3) is 4.11. The van der Waals surface area contributed by atoms with Crippen LogP contribution in [0.2, 0.25) is 0 Å². The molecule has 2 rings (SSSR count). The summed E-state index contributed by atoms with van der Waals surface area (Å²) in [5.74, 6) is -0.661. The maximum atomic E-state index is 13.7. The predicted octanol–water partition coefficient (Wildman–Crippen LogP) is 4.27. The van der Waals surface area contributed by atoms with Crippen molar-refractivity contribution in [2.45, 2.75) is 6.18 Å². The molecule has 0 amide bonds. The van der Waals surface area contributed by atoms with E-state index in [9.17, 15) is 17.6 Å². The fraction of sp³-hybridized carbons (Fsp3) is 0.200. The van der Waals surface area contributed by atoms with Crippen molar-refractivity contribution >= 4 is 12.4 Å². The van der Waals surface area contributed by atoms with Crippen LogP contribution in [0.5, 0.6) is 5.75 Å². The molecular formula is C15H14ClF4NO. The molecule has 2 aromatic carbocycles. The smallest absolute Gasteiger partial charge is 0.417 e. The molecule has 0 radical (unpaired) electrons. The highest BCUT2D eigenvalue weighted by Crippen LogP contribution is 2.39. The van der Waals surface area contributed by atoms with Gasteiger partial charge in [-0.1, -0.05) is 18.2 Å². The van der Waals surface area contributed by atoms with Crippen LogP contribution in [0.15, 0.2) is 42.5 Å². The van der Waals surface area contributed by atoms with Gasteiger partial charge in [-0.15, -0.1) is 12.4 Å². The van der Waals surface area contributed by atoms with Gasteiger partial charge in [0.05, 0.1) is 5.56 Å². The van der Waals surface area contributed by atoms with Crippen molar-refractivity contribution in [1.82, 2.24) is 0 Å². The van der Waals surface area contributed by atoms with E-state index < -0.39 is 17.6 Å². The molecule has 0 fully saturated rings. The van der Waals surface area contributed by atoms with E-state index in [0.29, 0.717) is 0 Å². The number of alkyl halides is 3. The average molecular weight is 336 g/mol. The molecule has 0 aliphatic rings. The Morgan fingerprint density at radius 3 is 2.27 bits per heavy atom. The van der Waals surface area contributed by atoms with Crippen LogP contribution >= 0.6 is 12.4 Å². The van der Waals surface area contributed by atoms with E-state index in [1.807, 2.05) is 0 Å². The summed E-state index contributed by atoms with van der Waals surface area (Å²) in [5.41, 5.74) is 3.98. The number of ether oxygens (including phenoxy) is 1. The van der Waals surface area contributed by atoms with Crippen LogP contribution in [-0.2, 0) is 6.18 Å². The van der Waals surface area contributed by atoms with Crippen molar-refractivity contribution in [2.75, 3.05) is 13.2 Å². The Kier molecular flexibility index (Phi) is 6.20. The standard InChI is InChI=1S/C15H13F4NO.ClH/c16-14-4-2-1-3-12(14)11-6-5-10(21-8-7-20)9-13(11)15(17,18)19;/h1-6,9H,7-8,20H2;1H. The zero-order chi connectivity index (χ0) is 15.5. The molecule has 0 saturated carbocycles. The normalized spacial score (nSPS) is 11.0. The van der Waals surface area contributed by atoms with Gasteiger partial charge >= 0.3 is 6.18 Å². The van der Waals surface area contributed by atoms with Crippen molar-refractivity contribution in [3.05, 3.63) is 53.8 Å². The Bertz CT molecular complexity index is 631. The molecule has 120 valence electrons. The largest absolute Gasteiger partial charge is 0.492 e. The van der Waals surface area contributed by atoms with Gasteiger partial charge in [-0.3, -0.25) is 0 Å². The Hall–Kier alpha value is -1.79. The second-order valence-electron chi connectivity index (χ2n) is 4.32. The van der Waals surface area contributed by atoms with Crippen LogP contribution in [0.4, 0.5) is 17.6 Å². The molecule has 0 unspecified atom stereocenters. The quantitative estimate of drug-likeness (QED) is 0.847. The molecule has 0 aliphatic heterocycles. The van der Waals surface area contributed by atoms with Crippen LogP contribution in [0.25, 0.3) is 11.1 Å². The monoisotopic (exact) mass is 335 g/mol. The summed E-state index contributed by atoms with van der Waals surface area (Å²) in [6.07, 6.45) is -4.61. The molecular weight excluding hydrogens is 322 g/mol. The minimum Gasteiger partial charge on any atom is -0.492 e. The fourth-order valence-electron chi connectivity index (χ4n) is 1.94.